The van der Waals surface area contributed by atoms with Crippen LogP contribution < -0.4 is 10.1 Å². The maximum atomic E-state index is 12.1. The van der Waals surface area contributed by atoms with Gasteiger partial charge in [0.2, 0.25) is 11.1 Å². The van der Waals surface area contributed by atoms with Crippen LogP contribution >= 0.6 is 23.4 Å². The molecule has 2 aromatic carbocycles. The Morgan fingerprint density at radius 2 is 1.89 bits per heavy atom. The van der Waals surface area contributed by atoms with E-state index in [1.54, 1.807) is 24.3 Å². The van der Waals surface area contributed by atoms with Gasteiger partial charge in [0.25, 0.3) is 0 Å². The first-order valence-corrected chi connectivity index (χ1v) is 8.89. The average Bonchev–Trinajstić information content (AvgIpc) is 3.10. The molecule has 0 fully saturated rings. The summed E-state index contributed by atoms with van der Waals surface area (Å²) in [6.07, 6.45) is 0. The van der Waals surface area contributed by atoms with Gasteiger partial charge in [-0.3, -0.25) is 4.79 Å². The molecule has 0 saturated heterocycles. The number of thioether (sulfide) groups is 1. The van der Waals surface area contributed by atoms with Gasteiger partial charge in [0.15, 0.2) is 0 Å². The molecule has 0 aliphatic rings. The highest BCUT2D eigenvalue weighted by atomic mass is 35.5. The fraction of sp³-hybridized carbons (Fsp3) is 0.125. The van der Waals surface area contributed by atoms with Gasteiger partial charge in [-0.2, -0.15) is 13.5 Å². The van der Waals surface area contributed by atoms with Gasteiger partial charge in [-0.15, -0.1) is 5.10 Å². The van der Waals surface area contributed by atoms with Crippen molar-refractivity contribution in [2.75, 3.05) is 11.1 Å². The van der Waals surface area contributed by atoms with Crippen molar-refractivity contribution in [1.29, 1.82) is 0 Å². The van der Waals surface area contributed by atoms with Crippen molar-refractivity contribution in [3.63, 3.8) is 0 Å². The maximum absolute atomic E-state index is 12.1. The van der Waals surface area contributed by atoms with Crippen LogP contribution in [0, 0.1) is 0 Å². The molecule has 1 heterocycles. The lowest BCUT2D eigenvalue weighted by Crippen LogP contribution is -2.14. The van der Waals surface area contributed by atoms with Gasteiger partial charge in [0, 0.05) is 10.7 Å². The van der Waals surface area contributed by atoms with Crippen molar-refractivity contribution in [2.24, 2.45) is 0 Å². The van der Waals surface area contributed by atoms with E-state index in [-0.39, 0.29) is 17.4 Å². The van der Waals surface area contributed by atoms with Crippen LogP contribution in [-0.4, -0.2) is 38.5 Å². The van der Waals surface area contributed by atoms with Crippen molar-refractivity contribution in [3.05, 3.63) is 53.6 Å². The van der Waals surface area contributed by atoms with Crippen molar-refractivity contribution >= 4 is 35.0 Å². The van der Waals surface area contributed by atoms with E-state index >= 15 is 0 Å². The number of amides is 1. The molecule has 3 aromatic rings. The average molecular weight is 412 g/mol. The van der Waals surface area contributed by atoms with Crippen LogP contribution in [0.15, 0.2) is 53.7 Å². The first-order chi connectivity index (χ1) is 13.0. The van der Waals surface area contributed by atoms with E-state index in [1.807, 2.05) is 0 Å². The van der Waals surface area contributed by atoms with E-state index in [0.29, 0.717) is 21.6 Å². The second kappa shape index (κ2) is 8.78. The molecular formula is C16H12ClF2N5O2S. The highest BCUT2D eigenvalue weighted by Crippen LogP contribution is 2.21. The lowest BCUT2D eigenvalue weighted by Gasteiger charge is -2.07. The van der Waals surface area contributed by atoms with Crippen molar-refractivity contribution < 1.29 is 18.3 Å². The molecule has 11 heteroatoms. The summed E-state index contributed by atoms with van der Waals surface area (Å²) in [5.74, 6) is -0.226. The highest BCUT2D eigenvalue weighted by Gasteiger charge is 2.12. The Labute approximate surface area is 161 Å². The first-order valence-electron chi connectivity index (χ1n) is 7.53. The maximum Gasteiger partial charge on any atom is 0.387 e. The Balaban J connectivity index is 1.57. The molecule has 0 bridgehead atoms. The van der Waals surface area contributed by atoms with Gasteiger partial charge in [-0.25, -0.2) is 0 Å². The normalized spacial score (nSPS) is 10.8. The molecule has 0 unspecified atom stereocenters. The molecular weight excluding hydrogens is 400 g/mol. The highest BCUT2D eigenvalue weighted by molar-refractivity contribution is 7.99. The van der Waals surface area contributed by atoms with Crippen LogP contribution in [0.4, 0.5) is 14.5 Å². The summed E-state index contributed by atoms with van der Waals surface area (Å²) in [6.45, 7) is -2.89. The molecule has 0 saturated carbocycles. The number of rotatable bonds is 7. The van der Waals surface area contributed by atoms with Crippen molar-refractivity contribution in [2.45, 2.75) is 11.8 Å². The topological polar surface area (TPSA) is 81.9 Å². The summed E-state index contributed by atoms with van der Waals surface area (Å²) in [7, 11) is 0. The lowest BCUT2D eigenvalue weighted by atomic mass is 10.3. The number of carbonyl (C=O) groups is 1. The van der Waals surface area contributed by atoms with E-state index in [9.17, 15) is 13.6 Å². The minimum absolute atomic E-state index is 0.0134. The number of ether oxygens (including phenoxy) is 1. The summed E-state index contributed by atoms with van der Waals surface area (Å²) in [6, 6.07) is 12.6. The minimum Gasteiger partial charge on any atom is -0.435 e. The minimum atomic E-state index is -2.89. The summed E-state index contributed by atoms with van der Waals surface area (Å²) >= 11 is 7.01. The zero-order valence-corrected chi connectivity index (χ0v) is 15.1. The van der Waals surface area contributed by atoms with E-state index in [4.69, 9.17) is 11.6 Å². The van der Waals surface area contributed by atoms with Crippen LogP contribution in [0.2, 0.25) is 5.02 Å². The number of nitrogens with zero attached hydrogens (tertiary/aromatic N) is 4. The van der Waals surface area contributed by atoms with E-state index in [0.717, 1.165) is 11.8 Å². The fourth-order valence-electron chi connectivity index (χ4n) is 2.06. The van der Waals surface area contributed by atoms with Gasteiger partial charge < -0.3 is 10.1 Å². The Morgan fingerprint density at radius 3 is 2.56 bits per heavy atom. The van der Waals surface area contributed by atoms with Gasteiger partial charge in [-0.1, -0.05) is 23.4 Å². The molecule has 1 aromatic heterocycles. The number of benzene rings is 2. The van der Waals surface area contributed by atoms with Crippen molar-refractivity contribution in [3.8, 4) is 11.4 Å². The smallest absolute Gasteiger partial charge is 0.387 e. The number of halogens is 3. The molecule has 27 heavy (non-hydrogen) atoms. The molecule has 1 N–H and O–H groups in total. The Bertz CT molecular complexity index is 906. The summed E-state index contributed by atoms with van der Waals surface area (Å²) in [5.41, 5.74) is 1.17. The van der Waals surface area contributed by atoms with Crippen molar-refractivity contribution in [1.82, 2.24) is 20.2 Å². The SMILES string of the molecule is O=C(CSc1nnnn1-c1ccc(Cl)cc1)Nc1ccc(OC(F)F)cc1. The van der Waals surface area contributed by atoms with Crippen LogP contribution in [0.1, 0.15) is 0 Å². The monoisotopic (exact) mass is 411 g/mol. The fourth-order valence-corrected chi connectivity index (χ4v) is 2.88. The number of aromatic nitrogens is 4. The first kappa shape index (κ1) is 19.1. The Morgan fingerprint density at radius 1 is 1.19 bits per heavy atom. The molecule has 0 aliphatic carbocycles. The second-order valence-electron chi connectivity index (χ2n) is 5.09. The number of carbonyl (C=O) groups excluding carboxylic acids is 1. The largest absolute Gasteiger partial charge is 0.435 e. The van der Waals surface area contributed by atoms with Crippen LogP contribution in [0.5, 0.6) is 5.75 Å². The number of tetrazole rings is 1. The molecule has 1 amide bonds. The Hall–Kier alpha value is -2.72. The third kappa shape index (κ3) is 5.38. The standard InChI is InChI=1S/C16H12ClF2N5O2S/c17-10-1-5-12(6-2-10)24-16(21-22-23-24)27-9-14(25)20-11-3-7-13(8-4-11)26-15(18)19/h1-8,15H,9H2,(H,20,25). The zero-order chi connectivity index (χ0) is 19.2. The molecule has 7 nitrogen and oxygen atoms in total. The number of hydrogen-bond donors (Lipinski definition) is 1. The summed E-state index contributed by atoms with van der Waals surface area (Å²) in [4.78, 5) is 12.1. The van der Waals surface area contributed by atoms with Gasteiger partial charge in [0.05, 0.1) is 11.4 Å². The molecule has 0 atom stereocenters. The van der Waals surface area contributed by atoms with E-state index < -0.39 is 6.61 Å². The predicted molar refractivity (Wildman–Crippen MR) is 96.6 cm³/mol. The predicted octanol–water partition coefficient (Wildman–Crippen LogP) is 3.65. The van der Waals surface area contributed by atoms with Gasteiger partial charge in [0.1, 0.15) is 5.75 Å². The van der Waals surface area contributed by atoms with Crippen LogP contribution in [0.3, 0.4) is 0 Å². The second-order valence-corrected chi connectivity index (χ2v) is 6.47. The molecule has 140 valence electrons. The van der Waals surface area contributed by atoms with Gasteiger partial charge in [-0.05, 0) is 59.0 Å². The Kier molecular flexibility index (Phi) is 6.20. The lowest BCUT2D eigenvalue weighted by molar-refractivity contribution is -0.113. The van der Waals surface area contributed by atoms with E-state index in [2.05, 4.69) is 25.6 Å². The number of nitrogens with one attached hydrogen (secondary N) is 1. The molecule has 0 spiro atoms. The molecule has 0 aliphatic heterocycles. The number of hydrogen-bond acceptors (Lipinski definition) is 6. The third-order valence-corrected chi connectivity index (χ3v) is 4.38. The number of alkyl halides is 2. The van der Waals surface area contributed by atoms with Crippen LogP contribution in [0.25, 0.3) is 5.69 Å². The third-order valence-electron chi connectivity index (χ3n) is 3.21. The number of anilines is 1. The zero-order valence-electron chi connectivity index (χ0n) is 13.6. The summed E-state index contributed by atoms with van der Waals surface area (Å²) < 4.78 is 30.0. The van der Waals surface area contributed by atoms with E-state index in [1.165, 1.54) is 28.9 Å². The molecule has 0 radical (unpaired) electrons. The van der Waals surface area contributed by atoms with Gasteiger partial charge >= 0.3 is 6.61 Å². The van der Waals surface area contributed by atoms with Crippen LogP contribution in [-0.2, 0) is 4.79 Å². The summed E-state index contributed by atoms with van der Waals surface area (Å²) in [5, 5.41) is 15.1. The quantitative estimate of drug-likeness (QED) is 0.598. The molecule has 3 rings (SSSR count).